The van der Waals surface area contributed by atoms with E-state index in [0.717, 1.165) is 39.3 Å². The van der Waals surface area contributed by atoms with E-state index in [4.69, 9.17) is 0 Å². The van der Waals surface area contributed by atoms with Crippen LogP contribution in [0.2, 0.25) is 0 Å². The van der Waals surface area contributed by atoms with Crippen molar-refractivity contribution in [2.75, 3.05) is 39.8 Å². The van der Waals surface area contributed by atoms with E-state index in [1.807, 2.05) is 11.9 Å². The van der Waals surface area contributed by atoms with E-state index in [0.29, 0.717) is 6.54 Å². The van der Waals surface area contributed by atoms with Gasteiger partial charge in [0.25, 0.3) is 0 Å². The summed E-state index contributed by atoms with van der Waals surface area (Å²) < 4.78 is 0. The molecule has 1 heterocycles. The minimum Gasteiger partial charge on any atom is -0.339 e. The third-order valence-corrected chi connectivity index (χ3v) is 5.49. The number of likely N-dealkylation sites (N-methyl/N-ethyl adjacent to an activating group) is 1. The summed E-state index contributed by atoms with van der Waals surface area (Å²) in [4.78, 5) is 19.2. The first-order chi connectivity index (χ1) is 13.0. The molecule has 0 N–H and O–H groups in total. The number of nitrogens with zero attached hydrogens (tertiary/aromatic N) is 3. The maximum absolute atomic E-state index is 12.7. The Hall–Kier alpha value is -2.17. The van der Waals surface area contributed by atoms with Crippen molar-refractivity contribution in [1.82, 2.24) is 14.7 Å². The molecule has 0 spiro atoms. The number of rotatable bonds is 6. The van der Waals surface area contributed by atoms with Crippen molar-refractivity contribution in [3.63, 3.8) is 0 Å². The summed E-state index contributed by atoms with van der Waals surface area (Å²) in [6.07, 6.45) is 0. The molecule has 144 valence electrons. The van der Waals surface area contributed by atoms with Crippen molar-refractivity contribution in [2.24, 2.45) is 0 Å². The Bertz CT molecular complexity index is 766. The van der Waals surface area contributed by atoms with Gasteiger partial charge in [0.15, 0.2) is 0 Å². The Morgan fingerprint density at radius 1 is 0.889 bits per heavy atom. The molecule has 0 saturated carbocycles. The fourth-order valence-corrected chi connectivity index (χ4v) is 3.65. The van der Waals surface area contributed by atoms with Crippen LogP contribution in [0, 0.1) is 13.8 Å². The lowest BCUT2D eigenvalue weighted by Crippen LogP contribution is -2.50. The van der Waals surface area contributed by atoms with Crippen LogP contribution in [0.4, 0.5) is 0 Å². The summed E-state index contributed by atoms with van der Waals surface area (Å²) in [5.74, 6) is 0.238. The lowest BCUT2D eigenvalue weighted by molar-refractivity contribution is -0.134. The highest BCUT2D eigenvalue weighted by atomic mass is 16.2. The zero-order valence-corrected chi connectivity index (χ0v) is 16.8. The van der Waals surface area contributed by atoms with E-state index >= 15 is 0 Å². The summed E-state index contributed by atoms with van der Waals surface area (Å²) in [5.41, 5.74) is 5.29. The highest BCUT2D eigenvalue weighted by Gasteiger charge is 2.22. The smallest absolute Gasteiger partial charge is 0.236 e. The predicted molar refractivity (Wildman–Crippen MR) is 111 cm³/mol. The molecule has 2 aromatic carbocycles. The van der Waals surface area contributed by atoms with Crippen molar-refractivity contribution in [1.29, 1.82) is 0 Å². The van der Waals surface area contributed by atoms with Gasteiger partial charge in [-0.05, 0) is 43.1 Å². The maximum atomic E-state index is 12.7. The van der Waals surface area contributed by atoms with Crippen LogP contribution in [-0.2, 0) is 17.9 Å². The molecule has 1 amide bonds. The van der Waals surface area contributed by atoms with E-state index in [1.165, 1.54) is 22.3 Å². The van der Waals surface area contributed by atoms with Crippen LogP contribution in [0.25, 0.3) is 0 Å². The lowest BCUT2D eigenvalue weighted by atomic mass is 10.1. The van der Waals surface area contributed by atoms with Crippen LogP contribution in [0.3, 0.4) is 0 Å². The molecule has 0 aromatic heterocycles. The number of benzene rings is 2. The molecule has 0 bridgehead atoms. The lowest BCUT2D eigenvalue weighted by Gasteiger charge is -2.35. The topological polar surface area (TPSA) is 26.8 Å². The zero-order chi connectivity index (χ0) is 19.2. The van der Waals surface area contributed by atoms with Crippen LogP contribution >= 0.6 is 0 Å². The fraction of sp³-hybridized carbons (Fsp3) is 0.435. The quantitative estimate of drug-likeness (QED) is 0.787. The molecule has 1 saturated heterocycles. The molecular weight excluding hydrogens is 334 g/mol. The molecule has 4 heteroatoms. The number of amides is 1. The molecule has 4 nitrogen and oxygen atoms in total. The van der Waals surface area contributed by atoms with Gasteiger partial charge in [-0.3, -0.25) is 14.6 Å². The summed E-state index contributed by atoms with van der Waals surface area (Å²) in [6.45, 7) is 10.1. The Morgan fingerprint density at radius 3 is 2.04 bits per heavy atom. The van der Waals surface area contributed by atoms with Crippen molar-refractivity contribution >= 4 is 5.91 Å². The van der Waals surface area contributed by atoms with Gasteiger partial charge < -0.3 is 4.90 Å². The van der Waals surface area contributed by atoms with Gasteiger partial charge in [-0.25, -0.2) is 0 Å². The zero-order valence-electron chi connectivity index (χ0n) is 16.8. The first-order valence-electron chi connectivity index (χ1n) is 9.80. The standard InChI is InChI=1S/C23H31N3O/c1-19-8-4-6-10-21(19)16-24(3)18-23(27)26-14-12-25(13-15-26)17-22-11-7-5-9-20(22)2/h4-11H,12-18H2,1-3H3. The molecule has 1 aliphatic heterocycles. The van der Waals surface area contributed by atoms with Crippen molar-refractivity contribution in [3.8, 4) is 0 Å². The third-order valence-electron chi connectivity index (χ3n) is 5.49. The van der Waals surface area contributed by atoms with E-state index in [2.05, 4.69) is 72.2 Å². The summed E-state index contributed by atoms with van der Waals surface area (Å²) >= 11 is 0. The van der Waals surface area contributed by atoms with Crippen LogP contribution < -0.4 is 0 Å². The number of carbonyl (C=O) groups is 1. The molecule has 3 rings (SSSR count). The second kappa shape index (κ2) is 9.16. The van der Waals surface area contributed by atoms with Crippen LogP contribution in [0.5, 0.6) is 0 Å². The van der Waals surface area contributed by atoms with Gasteiger partial charge in [0.1, 0.15) is 0 Å². The largest absolute Gasteiger partial charge is 0.339 e. The number of carbonyl (C=O) groups excluding carboxylic acids is 1. The van der Waals surface area contributed by atoms with E-state index in [9.17, 15) is 4.79 Å². The molecule has 2 aromatic rings. The predicted octanol–water partition coefficient (Wildman–Crippen LogP) is 3.08. The number of aryl methyl sites for hydroxylation is 2. The molecule has 0 aliphatic carbocycles. The average molecular weight is 366 g/mol. The highest BCUT2D eigenvalue weighted by molar-refractivity contribution is 5.78. The first-order valence-corrected chi connectivity index (χ1v) is 9.80. The molecule has 0 unspecified atom stereocenters. The SMILES string of the molecule is Cc1ccccc1CN(C)CC(=O)N1CCN(Cc2ccccc2C)CC1. The summed E-state index contributed by atoms with van der Waals surface area (Å²) in [7, 11) is 2.03. The van der Waals surface area contributed by atoms with Crippen LogP contribution in [0.15, 0.2) is 48.5 Å². The van der Waals surface area contributed by atoms with Crippen molar-refractivity contribution in [2.45, 2.75) is 26.9 Å². The van der Waals surface area contributed by atoms with Crippen LogP contribution in [-0.4, -0.2) is 60.4 Å². The minimum atomic E-state index is 0.238. The van der Waals surface area contributed by atoms with Gasteiger partial charge in [-0.2, -0.15) is 0 Å². The van der Waals surface area contributed by atoms with Crippen LogP contribution in [0.1, 0.15) is 22.3 Å². The number of piperazine rings is 1. The van der Waals surface area contributed by atoms with Gasteiger partial charge in [-0.15, -0.1) is 0 Å². The number of hydrogen-bond donors (Lipinski definition) is 0. The van der Waals surface area contributed by atoms with Crippen molar-refractivity contribution < 1.29 is 4.79 Å². The fourth-order valence-electron chi connectivity index (χ4n) is 3.65. The summed E-state index contributed by atoms with van der Waals surface area (Å²) in [6, 6.07) is 16.9. The normalized spacial score (nSPS) is 15.3. The second-order valence-corrected chi connectivity index (χ2v) is 7.68. The Balaban J connectivity index is 1.45. The molecule has 0 atom stereocenters. The second-order valence-electron chi connectivity index (χ2n) is 7.68. The molecule has 1 fully saturated rings. The van der Waals surface area contributed by atoms with Gasteiger partial charge in [-0.1, -0.05) is 48.5 Å². The Morgan fingerprint density at radius 2 is 1.44 bits per heavy atom. The Kier molecular flexibility index (Phi) is 6.64. The van der Waals surface area contributed by atoms with Gasteiger partial charge in [0, 0.05) is 39.3 Å². The van der Waals surface area contributed by atoms with E-state index in [-0.39, 0.29) is 5.91 Å². The third kappa shape index (κ3) is 5.41. The molecule has 0 radical (unpaired) electrons. The van der Waals surface area contributed by atoms with E-state index in [1.54, 1.807) is 0 Å². The molecule has 1 aliphatic rings. The van der Waals surface area contributed by atoms with Crippen molar-refractivity contribution in [3.05, 3.63) is 70.8 Å². The van der Waals surface area contributed by atoms with Gasteiger partial charge in [0.05, 0.1) is 6.54 Å². The van der Waals surface area contributed by atoms with Gasteiger partial charge in [0.2, 0.25) is 5.91 Å². The monoisotopic (exact) mass is 365 g/mol. The number of hydrogen-bond acceptors (Lipinski definition) is 3. The highest BCUT2D eigenvalue weighted by Crippen LogP contribution is 2.13. The van der Waals surface area contributed by atoms with Gasteiger partial charge >= 0.3 is 0 Å². The Labute approximate surface area is 163 Å². The average Bonchev–Trinajstić information content (AvgIpc) is 2.66. The van der Waals surface area contributed by atoms with E-state index < -0.39 is 0 Å². The first kappa shape index (κ1) is 19.6. The molecular formula is C23H31N3O. The maximum Gasteiger partial charge on any atom is 0.236 e. The molecule has 27 heavy (non-hydrogen) atoms. The summed E-state index contributed by atoms with van der Waals surface area (Å²) in [5, 5.41) is 0. The minimum absolute atomic E-state index is 0.238.